The third-order valence-corrected chi connectivity index (χ3v) is 4.73. The van der Waals surface area contributed by atoms with Crippen LogP contribution in [-0.4, -0.2) is 11.8 Å². The monoisotopic (exact) mass is 412 g/mol. The van der Waals surface area contributed by atoms with Gasteiger partial charge < -0.3 is 4.74 Å². The SMILES string of the molecule is O=C(C=Cc1cccc(OC(=O)c2cccs2)c1)c1ccc(Br)cc1. The predicted molar refractivity (Wildman–Crippen MR) is 103 cm³/mol. The number of carbonyl (C=O) groups is 2. The van der Waals surface area contributed by atoms with Gasteiger partial charge in [-0.25, -0.2) is 4.79 Å². The highest BCUT2D eigenvalue weighted by Crippen LogP contribution is 2.18. The summed E-state index contributed by atoms with van der Waals surface area (Å²) in [7, 11) is 0. The highest BCUT2D eigenvalue weighted by molar-refractivity contribution is 9.10. The quantitative estimate of drug-likeness (QED) is 0.236. The zero-order valence-corrected chi connectivity index (χ0v) is 15.4. The van der Waals surface area contributed by atoms with Gasteiger partial charge in [-0.15, -0.1) is 11.3 Å². The number of ketones is 1. The summed E-state index contributed by atoms with van der Waals surface area (Å²) in [5.74, 6) is -0.0350. The van der Waals surface area contributed by atoms with Crippen molar-refractivity contribution in [2.75, 3.05) is 0 Å². The Morgan fingerprint density at radius 1 is 1.00 bits per heavy atom. The number of thiophene rings is 1. The van der Waals surface area contributed by atoms with Gasteiger partial charge in [0.2, 0.25) is 0 Å². The second-order valence-electron chi connectivity index (χ2n) is 5.14. The highest BCUT2D eigenvalue weighted by Gasteiger charge is 2.09. The lowest BCUT2D eigenvalue weighted by atomic mass is 10.1. The minimum atomic E-state index is -0.387. The average Bonchev–Trinajstić information content (AvgIpc) is 3.15. The third kappa shape index (κ3) is 4.75. The number of allylic oxidation sites excluding steroid dienone is 1. The molecule has 0 atom stereocenters. The Morgan fingerprint density at radius 3 is 2.52 bits per heavy atom. The van der Waals surface area contributed by atoms with Crippen molar-refractivity contribution in [2.45, 2.75) is 0 Å². The third-order valence-electron chi connectivity index (χ3n) is 3.35. The number of esters is 1. The lowest BCUT2D eigenvalue weighted by Gasteiger charge is -2.03. The summed E-state index contributed by atoms with van der Waals surface area (Å²) in [5.41, 5.74) is 1.39. The summed E-state index contributed by atoms with van der Waals surface area (Å²) in [6.07, 6.45) is 3.20. The minimum absolute atomic E-state index is 0.0894. The van der Waals surface area contributed by atoms with E-state index in [4.69, 9.17) is 4.74 Å². The zero-order chi connectivity index (χ0) is 17.6. The minimum Gasteiger partial charge on any atom is -0.422 e. The molecule has 0 saturated carbocycles. The molecule has 0 unspecified atom stereocenters. The van der Waals surface area contributed by atoms with Crippen molar-refractivity contribution in [1.82, 2.24) is 0 Å². The van der Waals surface area contributed by atoms with Crippen molar-refractivity contribution >= 4 is 45.1 Å². The Bertz CT molecular complexity index is 912. The Kier molecular flexibility index (Phi) is 5.58. The van der Waals surface area contributed by atoms with Crippen LogP contribution < -0.4 is 4.74 Å². The van der Waals surface area contributed by atoms with Crippen LogP contribution in [0.1, 0.15) is 25.6 Å². The number of hydrogen-bond donors (Lipinski definition) is 0. The van der Waals surface area contributed by atoms with E-state index in [1.165, 1.54) is 17.4 Å². The molecule has 3 rings (SSSR count). The molecule has 0 aliphatic heterocycles. The molecule has 3 aromatic rings. The molecule has 0 bridgehead atoms. The van der Waals surface area contributed by atoms with Crippen molar-refractivity contribution in [1.29, 1.82) is 0 Å². The van der Waals surface area contributed by atoms with Crippen molar-refractivity contribution in [3.63, 3.8) is 0 Å². The average molecular weight is 413 g/mol. The van der Waals surface area contributed by atoms with Crippen molar-refractivity contribution < 1.29 is 14.3 Å². The second kappa shape index (κ2) is 8.05. The van der Waals surface area contributed by atoms with E-state index in [9.17, 15) is 9.59 Å². The lowest BCUT2D eigenvalue weighted by molar-refractivity contribution is 0.0739. The number of hydrogen-bond acceptors (Lipinski definition) is 4. The van der Waals surface area contributed by atoms with Crippen LogP contribution in [0.4, 0.5) is 0 Å². The van der Waals surface area contributed by atoms with Crippen LogP contribution in [0.15, 0.2) is 76.6 Å². The highest BCUT2D eigenvalue weighted by atomic mass is 79.9. The fraction of sp³-hybridized carbons (Fsp3) is 0. The number of rotatable bonds is 5. The summed E-state index contributed by atoms with van der Waals surface area (Å²) in [4.78, 5) is 24.7. The first kappa shape index (κ1) is 17.3. The number of ether oxygens (including phenoxy) is 1. The van der Waals surface area contributed by atoms with E-state index in [1.807, 2.05) is 23.6 Å². The van der Waals surface area contributed by atoms with Crippen LogP contribution in [0, 0.1) is 0 Å². The Balaban J connectivity index is 1.69. The maximum Gasteiger partial charge on any atom is 0.353 e. The molecule has 0 aliphatic carbocycles. The molecule has 0 N–H and O–H groups in total. The molecular formula is C20H13BrO3S. The first-order valence-corrected chi connectivity index (χ1v) is 9.13. The molecule has 0 aliphatic rings. The van der Waals surface area contributed by atoms with Crippen LogP contribution in [0.2, 0.25) is 0 Å². The molecule has 5 heteroatoms. The van der Waals surface area contributed by atoms with Crippen LogP contribution in [0.5, 0.6) is 5.75 Å². The maximum absolute atomic E-state index is 12.2. The Hall–Kier alpha value is -2.50. The molecule has 0 spiro atoms. The van der Waals surface area contributed by atoms with E-state index in [-0.39, 0.29) is 11.8 Å². The largest absolute Gasteiger partial charge is 0.422 e. The number of halogens is 1. The molecule has 0 fully saturated rings. The lowest BCUT2D eigenvalue weighted by Crippen LogP contribution is -2.06. The van der Waals surface area contributed by atoms with Gasteiger partial charge in [0.1, 0.15) is 10.6 Å². The van der Waals surface area contributed by atoms with Crippen molar-refractivity contribution in [3.05, 3.63) is 92.6 Å². The van der Waals surface area contributed by atoms with Gasteiger partial charge in [-0.2, -0.15) is 0 Å². The van der Waals surface area contributed by atoms with Crippen LogP contribution in [-0.2, 0) is 0 Å². The topological polar surface area (TPSA) is 43.4 Å². The van der Waals surface area contributed by atoms with E-state index in [0.717, 1.165) is 10.0 Å². The standard InChI is InChI=1S/C20H13BrO3S/c21-16-9-7-15(8-10-16)18(22)11-6-14-3-1-4-17(13-14)24-20(23)19-5-2-12-25-19/h1-13H. The van der Waals surface area contributed by atoms with Gasteiger partial charge in [-0.3, -0.25) is 4.79 Å². The van der Waals surface area contributed by atoms with Gasteiger partial charge in [-0.1, -0.05) is 40.2 Å². The van der Waals surface area contributed by atoms with E-state index in [2.05, 4.69) is 15.9 Å². The summed E-state index contributed by atoms with van der Waals surface area (Å²) >= 11 is 4.67. The summed E-state index contributed by atoms with van der Waals surface area (Å²) in [6, 6.07) is 17.7. The van der Waals surface area contributed by atoms with E-state index in [1.54, 1.807) is 48.5 Å². The van der Waals surface area contributed by atoms with Gasteiger partial charge in [0.05, 0.1) is 0 Å². The molecule has 25 heavy (non-hydrogen) atoms. The molecule has 0 radical (unpaired) electrons. The van der Waals surface area contributed by atoms with Gasteiger partial charge in [0, 0.05) is 10.0 Å². The van der Waals surface area contributed by atoms with Crippen molar-refractivity contribution in [3.8, 4) is 5.75 Å². The predicted octanol–water partition coefficient (Wildman–Crippen LogP) is 5.63. The van der Waals surface area contributed by atoms with E-state index < -0.39 is 0 Å². The van der Waals surface area contributed by atoms with E-state index in [0.29, 0.717) is 16.2 Å². The smallest absolute Gasteiger partial charge is 0.353 e. The van der Waals surface area contributed by atoms with E-state index >= 15 is 0 Å². The van der Waals surface area contributed by atoms with Crippen molar-refractivity contribution in [2.24, 2.45) is 0 Å². The number of carbonyl (C=O) groups excluding carboxylic acids is 2. The first-order chi connectivity index (χ1) is 12.1. The summed E-state index contributed by atoms with van der Waals surface area (Å²) in [6.45, 7) is 0. The molecule has 0 saturated heterocycles. The van der Waals surface area contributed by atoms with Gasteiger partial charge >= 0.3 is 5.97 Å². The number of benzene rings is 2. The van der Waals surface area contributed by atoms with Gasteiger partial charge in [0.25, 0.3) is 0 Å². The second-order valence-corrected chi connectivity index (χ2v) is 7.01. The van der Waals surface area contributed by atoms with Crippen LogP contribution in [0.25, 0.3) is 6.08 Å². The van der Waals surface area contributed by atoms with Crippen LogP contribution >= 0.6 is 27.3 Å². The van der Waals surface area contributed by atoms with Crippen LogP contribution in [0.3, 0.4) is 0 Å². The Morgan fingerprint density at radius 2 is 1.80 bits per heavy atom. The molecule has 3 nitrogen and oxygen atoms in total. The molecule has 124 valence electrons. The van der Waals surface area contributed by atoms with Gasteiger partial charge in [-0.05, 0) is 59.5 Å². The molecule has 1 aromatic heterocycles. The fourth-order valence-corrected chi connectivity index (χ4v) is 2.98. The molecule has 0 amide bonds. The molecule has 1 heterocycles. The molecular weight excluding hydrogens is 400 g/mol. The Labute approximate surface area is 157 Å². The maximum atomic E-state index is 12.2. The molecule has 2 aromatic carbocycles. The van der Waals surface area contributed by atoms with Gasteiger partial charge in [0.15, 0.2) is 5.78 Å². The summed E-state index contributed by atoms with van der Waals surface area (Å²) in [5, 5.41) is 1.82. The zero-order valence-electron chi connectivity index (χ0n) is 13.0. The fourth-order valence-electron chi connectivity index (χ4n) is 2.12. The normalized spacial score (nSPS) is 10.8. The summed E-state index contributed by atoms with van der Waals surface area (Å²) < 4.78 is 6.28. The first-order valence-electron chi connectivity index (χ1n) is 7.45.